The van der Waals surface area contributed by atoms with Gasteiger partial charge in [0.15, 0.2) is 11.5 Å². The van der Waals surface area contributed by atoms with E-state index in [-0.39, 0.29) is 34.3 Å². The number of nitro groups is 1. The van der Waals surface area contributed by atoms with Crippen molar-refractivity contribution < 1.29 is 27.6 Å². The van der Waals surface area contributed by atoms with E-state index in [9.17, 15) is 23.3 Å². The summed E-state index contributed by atoms with van der Waals surface area (Å²) in [5, 5.41) is 13.6. The largest absolute Gasteiger partial charge is 0.486 e. The van der Waals surface area contributed by atoms with Gasteiger partial charge in [-0.25, -0.2) is 13.1 Å². The normalized spacial score (nSPS) is 13.0. The number of hydrogen-bond acceptors (Lipinski definition) is 7. The number of halogens is 1. The number of amides is 1. The zero-order chi connectivity index (χ0) is 21.0. The molecule has 2 aromatic carbocycles. The molecule has 1 amide bonds. The molecule has 0 bridgehead atoms. The molecule has 0 unspecified atom stereocenters. The van der Waals surface area contributed by atoms with E-state index >= 15 is 0 Å². The molecular formula is C17H16ClN3O7S. The number of nitro benzene ring substituents is 1. The van der Waals surface area contributed by atoms with Crippen molar-refractivity contribution in [3.63, 3.8) is 0 Å². The maximum atomic E-state index is 12.3. The molecule has 10 nitrogen and oxygen atoms in total. The van der Waals surface area contributed by atoms with Crippen molar-refractivity contribution >= 4 is 33.2 Å². The van der Waals surface area contributed by atoms with Gasteiger partial charge in [0, 0.05) is 30.8 Å². The first-order chi connectivity index (χ1) is 13.8. The van der Waals surface area contributed by atoms with Crippen molar-refractivity contribution in [1.29, 1.82) is 0 Å². The maximum absolute atomic E-state index is 12.3. The summed E-state index contributed by atoms with van der Waals surface area (Å²) >= 11 is 6.09. The number of nitrogens with one attached hydrogen (secondary N) is 2. The summed E-state index contributed by atoms with van der Waals surface area (Å²) in [6.07, 6.45) is 0. The van der Waals surface area contributed by atoms with Gasteiger partial charge in [-0.05, 0) is 18.2 Å². The summed E-state index contributed by atoms with van der Waals surface area (Å²) in [5.41, 5.74) is -0.0996. The second-order valence-electron chi connectivity index (χ2n) is 5.89. The molecule has 0 saturated carbocycles. The Hall–Kier alpha value is -2.89. The van der Waals surface area contributed by atoms with Crippen LogP contribution in [0.15, 0.2) is 41.3 Å². The first-order valence-electron chi connectivity index (χ1n) is 8.39. The highest BCUT2D eigenvalue weighted by Gasteiger charge is 2.20. The van der Waals surface area contributed by atoms with Crippen molar-refractivity contribution in [2.75, 3.05) is 26.3 Å². The van der Waals surface area contributed by atoms with E-state index in [0.29, 0.717) is 24.7 Å². The van der Waals surface area contributed by atoms with Crippen LogP contribution >= 0.6 is 11.6 Å². The Kier molecular flexibility index (Phi) is 6.20. The average Bonchev–Trinajstić information content (AvgIpc) is 2.71. The number of carbonyl (C=O) groups excluding carboxylic acids is 1. The molecule has 1 aliphatic heterocycles. The molecule has 1 heterocycles. The van der Waals surface area contributed by atoms with Gasteiger partial charge in [0.1, 0.15) is 13.2 Å². The molecule has 2 aromatic rings. The fourth-order valence-electron chi connectivity index (χ4n) is 2.55. The Morgan fingerprint density at radius 2 is 1.93 bits per heavy atom. The topological polar surface area (TPSA) is 137 Å². The van der Waals surface area contributed by atoms with Crippen molar-refractivity contribution in [2.24, 2.45) is 0 Å². The fourth-order valence-corrected chi connectivity index (χ4v) is 3.89. The summed E-state index contributed by atoms with van der Waals surface area (Å²) in [7, 11) is -3.96. The molecule has 0 saturated heterocycles. The summed E-state index contributed by atoms with van der Waals surface area (Å²) in [5.74, 6) is 0.262. The van der Waals surface area contributed by atoms with E-state index in [1.54, 1.807) is 0 Å². The number of non-ortho nitro benzene ring substituents is 1. The third-order valence-corrected chi connectivity index (χ3v) is 5.64. The summed E-state index contributed by atoms with van der Waals surface area (Å²) in [6, 6.07) is 7.58. The number of fused-ring (bicyclic) bond motifs is 1. The van der Waals surface area contributed by atoms with Gasteiger partial charge in [-0.15, -0.1) is 0 Å². The molecule has 0 aromatic heterocycles. The Morgan fingerprint density at radius 3 is 2.69 bits per heavy atom. The van der Waals surface area contributed by atoms with Crippen LogP contribution in [0, 0.1) is 10.1 Å². The molecule has 0 aliphatic carbocycles. The third kappa shape index (κ3) is 4.94. The van der Waals surface area contributed by atoms with E-state index in [2.05, 4.69) is 10.0 Å². The van der Waals surface area contributed by atoms with Gasteiger partial charge in [0.25, 0.3) is 11.6 Å². The number of benzene rings is 2. The molecule has 29 heavy (non-hydrogen) atoms. The fraction of sp³-hybridized carbons (Fsp3) is 0.235. The molecule has 0 spiro atoms. The van der Waals surface area contributed by atoms with Crippen LogP contribution in [-0.4, -0.2) is 45.6 Å². The number of nitrogens with zero attached hydrogens (tertiary/aromatic N) is 1. The van der Waals surface area contributed by atoms with Crippen LogP contribution in [0.1, 0.15) is 10.4 Å². The predicted octanol–water partition coefficient (Wildman–Crippen LogP) is 1.73. The van der Waals surface area contributed by atoms with Crippen LogP contribution in [0.3, 0.4) is 0 Å². The first kappa shape index (κ1) is 20.8. The average molecular weight is 442 g/mol. The van der Waals surface area contributed by atoms with Crippen molar-refractivity contribution in [3.8, 4) is 11.5 Å². The van der Waals surface area contributed by atoms with Crippen LogP contribution in [0.5, 0.6) is 11.5 Å². The zero-order valence-electron chi connectivity index (χ0n) is 14.9. The minimum atomic E-state index is -3.96. The number of sulfonamides is 1. The minimum Gasteiger partial charge on any atom is -0.486 e. The molecule has 0 radical (unpaired) electrons. The minimum absolute atomic E-state index is 0.0148. The van der Waals surface area contributed by atoms with Crippen LogP contribution < -0.4 is 19.5 Å². The van der Waals surface area contributed by atoms with Gasteiger partial charge in [-0.1, -0.05) is 17.7 Å². The van der Waals surface area contributed by atoms with Crippen molar-refractivity contribution in [2.45, 2.75) is 4.90 Å². The van der Waals surface area contributed by atoms with Gasteiger partial charge < -0.3 is 14.8 Å². The quantitative estimate of drug-likeness (QED) is 0.379. The van der Waals surface area contributed by atoms with Crippen LogP contribution in [0.4, 0.5) is 5.69 Å². The Labute approximate surface area is 171 Å². The molecule has 3 rings (SSSR count). The first-order valence-corrected chi connectivity index (χ1v) is 10.3. The van der Waals surface area contributed by atoms with Gasteiger partial charge in [0.05, 0.1) is 14.8 Å². The van der Waals surface area contributed by atoms with Crippen LogP contribution in [0.2, 0.25) is 5.02 Å². The molecule has 0 fully saturated rings. The van der Waals surface area contributed by atoms with Gasteiger partial charge >= 0.3 is 0 Å². The van der Waals surface area contributed by atoms with Gasteiger partial charge in [0.2, 0.25) is 10.0 Å². The monoisotopic (exact) mass is 441 g/mol. The lowest BCUT2D eigenvalue weighted by Crippen LogP contribution is -2.34. The van der Waals surface area contributed by atoms with Crippen molar-refractivity contribution in [3.05, 3.63) is 57.1 Å². The molecule has 2 N–H and O–H groups in total. The number of carbonyl (C=O) groups is 1. The summed E-state index contributed by atoms with van der Waals surface area (Å²) in [6.45, 7) is 0.574. The summed E-state index contributed by atoms with van der Waals surface area (Å²) in [4.78, 5) is 22.1. The second kappa shape index (κ2) is 8.64. The molecule has 12 heteroatoms. The highest BCUT2D eigenvalue weighted by Crippen LogP contribution is 2.38. The van der Waals surface area contributed by atoms with Crippen molar-refractivity contribution in [1.82, 2.24) is 10.0 Å². The Balaban J connectivity index is 1.57. The number of rotatable bonds is 7. The standard InChI is InChI=1S/C17H16ClN3O7S/c18-14-8-11(9-15-16(14)28-7-6-27-15)17(22)19-4-5-20-29(25,26)13-3-1-2-12(10-13)21(23)24/h1-3,8-10,20H,4-7H2,(H,19,22). The lowest BCUT2D eigenvalue weighted by atomic mass is 10.2. The Morgan fingerprint density at radius 1 is 1.17 bits per heavy atom. The Bertz CT molecular complexity index is 1060. The van der Waals surface area contributed by atoms with E-state index < -0.39 is 20.9 Å². The summed E-state index contributed by atoms with van der Waals surface area (Å²) < 4.78 is 37.5. The predicted molar refractivity (Wildman–Crippen MR) is 103 cm³/mol. The van der Waals surface area contributed by atoms with Crippen LogP contribution in [-0.2, 0) is 10.0 Å². The van der Waals surface area contributed by atoms with E-state index in [4.69, 9.17) is 21.1 Å². The lowest BCUT2D eigenvalue weighted by molar-refractivity contribution is -0.385. The van der Waals surface area contributed by atoms with E-state index in [0.717, 1.165) is 6.07 Å². The van der Waals surface area contributed by atoms with E-state index in [1.807, 2.05) is 0 Å². The SMILES string of the molecule is O=C(NCCNS(=O)(=O)c1cccc([N+](=O)[O-])c1)c1cc(Cl)c2c(c1)OCCO2. The smallest absolute Gasteiger partial charge is 0.270 e. The number of ether oxygens (including phenoxy) is 2. The maximum Gasteiger partial charge on any atom is 0.270 e. The molecule has 1 aliphatic rings. The highest BCUT2D eigenvalue weighted by molar-refractivity contribution is 7.89. The third-order valence-electron chi connectivity index (χ3n) is 3.90. The lowest BCUT2D eigenvalue weighted by Gasteiger charge is -2.20. The molecule has 154 valence electrons. The van der Waals surface area contributed by atoms with E-state index in [1.165, 1.54) is 30.3 Å². The zero-order valence-corrected chi connectivity index (χ0v) is 16.5. The second-order valence-corrected chi connectivity index (χ2v) is 8.06. The molecule has 0 atom stereocenters. The van der Waals surface area contributed by atoms with Gasteiger partial charge in [-0.2, -0.15) is 0 Å². The molecular weight excluding hydrogens is 426 g/mol. The van der Waals surface area contributed by atoms with Crippen LogP contribution in [0.25, 0.3) is 0 Å². The number of hydrogen-bond donors (Lipinski definition) is 2. The highest BCUT2D eigenvalue weighted by atomic mass is 35.5. The van der Waals surface area contributed by atoms with Gasteiger partial charge in [-0.3, -0.25) is 14.9 Å².